The van der Waals surface area contributed by atoms with Crippen molar-refractivity contribution in [1.29, 1.82) is 0 Å². The summed E-state index contributed by atoms with van der Waals surface area (Å²) in [5.41, 5.74) is 6.53. The van der Waals surface area contributed by atoms with Gasteiger partial charge in [-0.1, -0.05) is 32.4 Å². The van der Waals surface area contributed by atoms with Gasteiger partial charge in [-0.05, 0) is 46.2 Å². The number of benzene rings is 1. The zero-order chi connectivity index (χ0) is 13.4. The molecule has 0 spiro atoms. The number of hydrogen-bond acceptors (Lipinski definition) is 2. The van der Waals surface area contributed by atoms with Crippen molar-refractivity contribution in [2.24, 2.45) is 0 Å². The molecule has 17 heavy (non-hydrogen) atoms. The van der Waals surface area contributed by atoms with Gasteiger partial charge in [0.15, 0.2) is 0 Å². The van der Waals surface area contributed by atoms with E-state index in [0.29, 0.717) is 16.5 Å². The lowest BCUT2D eigenvalue weighted by Crippen LogP contribution is -2.44. The van der Waals surface area contributed by atoms with Crippen LogP contribution < -0.4 is 10.2 Å². The van der Waals surface area contributed by atoms with E-state index in [1.165, 1.54) is 0 Å². The summed E-state index contributed by atoms with van der Waals surface area (Å²) >= 11 is 9.38. The zero-order valence-corrected chi connectivity index (χ0v) is 14.2. The molecule has 0 unspecified atom stereocenters. The predicted octanol–water partition coefficient (Wildman–Crippen LogP) is 5.07. The van der Waals surface area contributed by atoms with E-state index >= 15 is 0 Å². The number of hydrogen-bond donors (Lipinski definition) is 1. The Labute approximate surface area is 118 Å². The highest BCUT2D eigenvalue weighted by atomic mass is 79.9. The second-order valence-electron chi connectivity index (χ2n) is 5.67. The molecule has 0 aliphatic rings. The third-order valence-electron chi connectivity index (χ3n) is 3.20. The van der Waals surface area contributed by atoms with E-state index in [0.717, 1.165) is 4.47 Å². The van der Waals surface area contributed by atoms with Gasteiger partial charge in [0.1, 0.15) is 5.75 Å². The molecule has 2 N–H and O–H groups in total. The first-order valence-corrected chi connectivity index (χ1v) is 9.56. The van der Waals surface area contributed by atoms with Gasteiger partial charge in [0.25, 0.3) is 8.32 Å². The molecule has 0 heterocycles. The van der Waals surface area contributed by atoms with Crippen LogP contribution in [0, 0.1) is 0 Å². The fourth-order valence-corrected chi connectivity index (χ4v) is 3.20. The van der Waals surface area contributed by atoms with E-state index in [1.54, 1.807) is 12.1 Å². The lowest BCUT2D eigenvalue weighted by Gasteiger charge is -2.37. The Kier molecular flexibility index (Phi) is 4.22. The highest BCUT2D eigenvalue weighted by Crippen LogP contribution is 2.42. The van der Waals surface area contributed by atoms with Gasteiger partial charge in [0, 0.05) is 5.02 Å². The first kappa shape index (κ1) is 14.9. The highest BCUT2D eigenvalue weighted by molar-refractivity contribution is 9.10. The minimum Gasteiger partial charge on any atom is -0.541 e. The third-order valence-corrected chi connectivity index (χ3v) is 8.33. The molecule has 0 bridgehead atoms. The van der Waals surface area contributed by atoms with Gasteiger partial charge >= 0.3 is 0 Å². The Balaban J connectivity index is 3.13. The molecule has 2 nitrogen and oxygen atoms in total. The van der Waals surface area contributed by atoms with Crippen LogP contribution in [0.1, 0.15) is 20.8 Å². The van der Waals surface area contributed by atoms with Crippen molar-refractivity contribution in [2.45, 2.75) is 38.9 Å². The molecular weight excluding hydrogens is 318 g/mol. The number of rotatable bonds is 2. The van der Waals surface area contributed by atoms with Gasteiger partial charge in [-0.15, -0.1) is 0 Å². The second kappa shape index (κ2) is 4.82. The largest absolute Gasteiger partial charge is 0.541 e. The van der Waals surface area contributed by atoms with E-state index in [2.05, 4.69) is 49.8 Å². The monoisotopic (exact) mass is 335 g/mol. The Bertz CT molecular complexity index is 406. The van der Waals surface area contributed by atoms with Crippen molar-refractivity contribution >= 4 is 41.5 Å². The van der Waals surface area contributed by atoms with Crippen LogP contribution in [-0.2, 0) is 0 Å². The Hall–Kier alpha value is -0.193. The van der Waals surface area contributed by atoms with E-state index in [9.17, 15) is 0 Å². The fraction of sp³-hybridized carbons (Fsp3) is 0.500. The molecule has 0 aromatic heterocycles. The molecular formula is C12H19BrClNOSi. The van der Waals surface area contributed by atoms with Gasteiger partial charge in [-0.3, -0.25) is 0 Å². The van der Waals surface area contributed by atoms with E-state index in [-0.39, 0.29) is 5.04 Å². The maximum atomic E-state index is 6.19. The summed E-state index contributed by atoms with van der Waals surface area (Å²) in [7, 11) is -1.88. The van der Waals surface area contributed by atoms with E-state index < -0.39 is 8.32 Å². The molecule has 0 aliphatic carbocycles. The van der Waals surface area contributed by atoms with E-state index in [4.69, 9.17) is 21.8 Å². The first-order chi connectivity index (χ1) is 7.54. The molecule has 0 atom stereocenters. The van der Waals surface area contributed by atoms with E-state index in [1.807, 2.05) is 0 Å². The lowest BCUT2D eigenvalue weighted by atomic mass is 10.2. The van der Waals surface area contributed by atoms with Crippen molar-refractivity contribution in [3.05, 3.63) is 21.6 Å². The fourth-order valence-electron chi connectivity index (χ4n) is 1.10. The molecule has 0 aliphatic heterocycles. The van der Waals surface area contributed by atoms with Crippen molar-refractivity contribution < 1.29 is 4.43 Å². The van der Waals surface area contributed by atoms with Crippen molar-refractivity contribution in [2.75, 3.05) is 5.73 Å². The third kappa shape index (κ3) is 3.39. The zero-order valence-electron chi connectivity index (χ0n) is 10.9. The Morgan fingerprint density at radius 2 is 1.82 bits per heavy atom. The van der Waals surface area contributed by atoms with Crippen LogP contribution in [0.4, 0.5) is 5.69 Å². The number of halogens is 2. The minimum absolute atomic E-state index is 0.137. The molecule has 0 radical (unpaired) electrons. The van der Waals surface area contributed by atoms with Crippen LogP contribution in [0.5, 0.6) is 5.75 Å². The maximum Gasteiger partial charge on any atom is 0.250 e. The standard InChI is InChI=1S/C12H19BrClNOSi/c1-12(2,3)17(4,5)16-11-9(13)6-8(14)7-10(11)15/h6-7H,15H2,1-5H3. The van der Waals surface area contributed by atoms with Gasteiger partial charge in [-0.2, -0.15) is 0 Å². The molecule has 0 saturated heterocycles. The summed E-state index contributed by atoms with van der Waals surface area (Å²) in [6.45, 7) is 11.0. The van der Waals surface area contributed by atoms with Crippen molar-refractivity contribution in [1.82, 2.24) is 0 Å². The average Bonchev–Trinajstić information content (AvgIpc) is 2.09. The van der Waals surface area contributed by atoms with Crippen LogP contribution in [0.2, 0.25) is 23.2 Å². The van der Waals surface area contributed by atoms with Crippen LogP contribution in [0.25, 0.3) is 0 Å². The summed E-state index contributed by atoms with van der Waals surface area (Å²) in [5, 5.41) is 0.746. The molecule has 0 saturated carbocycles. The number of nitrogen functional groups attached to an aromatic ring is 1. The van der Waals surface area contributed by atoms with Crippen molar-refractivity contribution in [3.8, 4) is 5.75 Å². The van der Waals surface area contributed by atoms with Gasteiger partial charge in [0.2, 0.25) is 0 Å². The van der Waals surface area contributed by atoms with Gasteiger partial charge in [0.05, 0.1) is 10.2 Å². The summed E-state index contributed by atoms with van der Waals surface area (Å²) in [6.07, 6.45) is 0. The first-order valence-electron chi connectivity index (χ1n) is 5.48. The van der Waals surface area contributed by atoms with Gasteiger partial charge < -0.3 is 10.2 Å². The molecule has 1 rings (SSSR count). The summed E-state index contributed by atoms with van der Waals surface area (Å²) in [5.74, 6) is 0.709. The number of nitrogens with two attached hydrogens (primary N) is 1. The minimum atomic E-state index is -1.88. The smallest absolute Gasteiger partial charge is 0.250 e. The normalized spacial score (nSPS) is 12.6. The molecule has 96 valence electrons. The predicted molar refractivity (Wildman–Crippen MR) is 81.4 cm³/mol. The van der Waals surface area contributed by atoms with Crippen LogP contribution in [-0.4, -0.2) is 8.32 Å². The van der Waals surface area contributed by atoms with Gasteiger partial charge in [-0.25, -0.2) is 0 Å². The van der Waals surface area contributed by atoms with Crippen LogP contribution >= 0.6 is 27.5 Å². The lowest BCUT2D eigenvalue weighted by molar-refractivity contribution is 0.492. The SMILES string of the molecule is CC(C)(C)[Si](C)(C)Oc1c(N)cc(Cl)cc1Br. The molecule has 1 aromatic carbocycles. The Morgan fingerprint density at radius 1 is 1.29 bits per heavy atom. The molecule has 0 fully saturated rings. The second-order valence-corrected chi connectivity index (χ2v) is 11.7. The maximum absolute atomic E-state index is 6.19. The number of anilines is 1. The molecule has 0 amide bonds. The van der Waals surface area contributed by atoms with Crippen LogP contribution in [0.15, 0.2) is 16.6 Å². The summed E-state index contributed by atoms with van der Waals surface area (Å²) in [4.78, 5) is 0. The van der Waals surface area contributed by atoms with Crippen LogP contribution in [0.3, 0.4) is 0 Å². The Morgan fingerprint density at radius 3 is 2.24 bits per heavy atom. The highest BCUT2D eigenvalue weighted by Gasteiger charge is 2.39. The molecule has 5 heteroatoms. The quantitative estimate of drug-likeness (QED) is 0.604. The topological polar surface area (TPSA) is 35.2 Å². The van der Waals surface area contributed by atoms with Crippen molar-refractivity contribution in [3.63, 3.8) is 0 Å². The molecule has 1 aromatic rings. The average molecular weight is 337 g/mol. The summed E-state index contributed by atoms with van der Waals surface area (Å²) < 4.78 is 7.00. The summed E-state index contributed by atoms with van der Waals surface area (Å²) in [6, 6.07) is 3.52.